The van der Waals surface area contributed by atoms with Crippen LogP contribution in [0.2, 0.25) is 0 Å². The van der Waals surface area contributed by atoms with Crippen LogP contribution in [-0.2, 0) is 9.59 Å². The molecule has 3 N–H and O–H groups in total. The van der Waals surface area contributed by atoms with Crippen LogP contribution in [0.15, 0.2) is 12.7 Å². The number of hydrogen-bond acceptors (Lipinski definition) is 2. The molecular formula is C17H32N2O2. The van der Waals surface area contributed by atoms with E-state index in [9.17, 15) is 9.59 Å². The highest BCUT2D eigenvalue weighted by atomic mass is 16.2. The maximum Gasteiger partial charge on any atom is 0.224 e. The first-order valence-corrected chi connectivity index (χ1v) is 7.59. The largest absolute Gasteiger partial charge is 0.369 e. The zero-order chi connectivity index (χ0) is 16.8. The lowest BCUT2D eigenvalue weighted by Gasteiger charge is -2.32. The third-order valence-corrected chi connectivity index (χ3v) is 3.20. The van der Waals surface area contributed by atoms with Crippen molar-refractivity contribution in [2.24, 2.45) is 23.0 Å². The molecule has 0 aliphatic heterocycles. The number of amides is 2. The van der Waals surface area contributed by atoms with E-state index in [0.29, 0.717) is 19.3 Å². The van der Waals surface area contributed by atoms with Gasteiger partial charge in [-0.3, -0.25) is 9.59 Å². The highest BCUT2D eigenvalue weighted by Crippen LogP contribution is 2.32. The van der Waals surface area contributed by atoms with E-state index in [2.05, 4.69) is 32.7 Å². The zero-order valence-corrected chi connectivity index (χ0v) is 14.5. The van der Waals surface area contributed by atoms with Crippen molar-refractivity contribution in [2.75, 3.05) is 0 Å². The van der Waals surface area contributed by atoms with Crippen molar-refractivity contribution in [1.29, 1.82) is 0 Å². The molecule has 2 atom stereocenters. The van der Waals surface area contributed by atoms with Crippen LogP contribution in [0.25, 0.3) is 0 Å². The van der Waals surface area contributed by atoms with Gasteiger partial charge in [0.15, 0.2) is 0 Å². The molecule has 0 fully saturated rings. The standard InChI is InChI=1S/C17H32N2O2/c1-8-9-10-12(14(18)20)13(11-16(2,3)4)15(21)19-17(5,6)7/h8,12-13H,1,9-11H2,2-7H3,(H2,18,20)(H,19,21)/t12-,13+/m0/s1. The van der Waals surface area contributed by atoms with Gasteiger partial charge in [-0.2, -0.15) is 0 Å². The van der Waals surface area contributed by atoms with Gasteiger partial charge >= 0.3 is 0 Å². The van der Waals surface area contributed by atoms with Crippen molar-refractivity contribution in [3.63, 3.8) is 0 Å². The van der Waals surface area contributed by atoms with Crippen LogP contribution in [-0.4, -0.2) is 17.4 Å². The summed E-state index contributed by atoms with van der Waals surface area (Å²) in [6.07, 6.45) is 3.62. The second kappa shape index (κ2) is 7.62. The molecule has 0 aromatic heterocycles. The highest BCUT2D eigenvalue weighted by molar-refractivity contribution is 5.87. The second-order valence-electron chi connectivity index (χ2n) is 7.99. The molecule has 4 heteroatoms. The number of carbonyl (C=O) groups excluding carboxylic acids is 2. The van der Waals surface area contributed by atoms with Crippen LogP contribution < -0.4 is 11.1 Å². The Bertz CT molecular complexity index is 375. The van der Waals surface area contributed by atoms with Gasteiger partial charge in [0.05, 0.1) is 5.92 Å². The molecule has 4 nitrogen and oxygen atoms in total. The Morgan fingerprint density at radius 1 is 1.14 bits per heavy atom. The van der Waals surface area contributed by atoms with Crippen LogP contribution in [0.1, 0.15) is 60.8 Å². The van der Waals surface area contributed by atoms with E-state index in [0.717, 1.165) is 0 Å². The molecule has 0 saturated heterocycles. The monoisotopic (exact) mass is 296 g/mol. The van der Waals surface area contributed by atoms with Gasteiger partial charge < -0.3 is 11.1 Å². The highest BCUT2D eigenvalue weighted by Gasteiger charge is 2.36. The van der Waals surface area contributed by atoms with Crippen molar-refractivity contribution >= 4 is 11.8 Å². The molecule has 0 bridgehead atoms. The Kier molecular flexibility index (Phi) is 7.14. The van der Waals surface area contributed by atoms with Gasteiger partial charge in [0, 0.05) is 11.5 Å². The lowest BCUT2D eigenvalue weighted by atomic mass is 9.76. The van der Waals surface area contributed by atoms with E-state index < -0.39 is 17.7 Å². The van der Waals surface area contributed by atoms with Gasteiger partial charge in [-0.15, -0.1) is 6.58 Å². The molecule has 0 aromatic rings. The Labute approximate surface area is 129 Å². The molecule has 0 saturated carbocycles. The third kappa shape index (κ3) is 8.53. The minimum atomic E-state index is -0.454. The number of nitrogens with two attached hydrogens (primary N) is 1. The number of carbonyl (C=O) groups is 2. The molecule has 0 aliphatic rings. The first-order chi connectivity index (χ1) is 9.37. The fraction of sp³-hybridized carbons (Fsp3) is 0.765. The Morgan fingerprint density at radius 3 is 2.00 bits per heavy atom. The maximum absolute atomic E-state index is 12.6. The summed E-state index contributed by atoms with van der Waals surface area (Å²) in [7, 11) is 0. The number of nitrogens with one attached hydrogen (secondary N) is 1. The number of allylic oxidation sites excluding steroid dienone is 1. The van der Waals surface area contributed by atoms with Crippen LogP contribution >= 0.6 is 0 Å². The van der Waals surface area contributed by atoms with E-state index in [1.54, 1.807) is 6.08 Å². The van der Waals surface area contributed by atoms with Crippen LogP contribution in [0, 0.1) is 17.3 Å². The normalized spacial score (nSPS) is 15.1. The lowest BCUT2D eigenvalue weighted by molar-refractivity contribution is -0.135. The Balaban J connectivity index is 5.30. The lowest BCUT2D eigenvalue weighted by Crippen LogP contribution is -2.48. The molecule has 0 radical (unpaired) electrons. The SMILES string of the molecule is C=CCC[C@H](C(N)=O)[C@@H](CC(C)(C)C)C(=O)NC(C)(C)C. The minimum absolute atomic E-state index is 0.0538. The van der Waals surface area contributed by atoms with Gasteiger partial charge in [0.2, 0.25) is 11.8 Å². The number of rotatable bonds is 7. The first-order valence-electron chi connectivity index (χ1n) is 7.59. The van der Waals surface area contributed by atoms with E-state index in [-0.39, 0.29) is 16.9 Å². The van der Waals surface area contributed by atoms with Crippen LogP contribution in [0.3, 0.4) is 0 Å². The van der Waals surface area contributed by atoms with Crippen molar-refractivity contribution in [2.45, 2.75) is 66.3 Å². The average Bonchev–Trinajstić information content (AvgIpc) is 2.23. The molecule has 0 aliphatic carbocycles. The summed E-state index contributed by atoms with van der Waals surface area (Å²) >= 11 is 0. The van der Waals surface area contributed by atoms with E-state index >= 15 is 0 Å². The van der Waals surface area contributed by atoms with Crippen LogP contribution in [0.5, 0.6) is 0 Å². The summed E-state index contributed by atoms with van der Waals surface area (Å²) in [4.78, 5) is 24.4. The van der Waals surface area contributed by atoms with Crippen LogP contribution in [0.4, 0.5) is 0 Å². The third-order valence-electron chi connectivity index (χ3n) is 3.20. The fourth-order valence-corrected chi connectivity index (χ4v) is 2.38. The molecule has 0 rings (SSSR count). The molecule has 0 spiro atoms. The molecule has 0 heterocycles. The predicted octanol–water partition coefficient (Wildman–Crippen LogP) is 3.02. The van der Waals surface area contributed by atoms with Gasteiger partial charge in [-0.25, -0.2) is 0 Å². The summed E-state index contributed by atoms with van der Waals surface area (Å²) in [5.74, 6) is -1.35. The number of hydrogen-bond donors (Lipinski definition) is 2. The second-order valence-corrected chi connectivity index (χ2v) is 7.99. The molecule has 122 valence electrons. The van der Waals surface area contributed by atoms with Crippen molar-refractivity contribution < 1.29 is 9.59 Å². The number of primary amides is 1. The predicted molar refractivity (Wildman–Crippen MR) is 87.6 cm³/mol. The topological polar surface area (TPSA) is 72.2 Å². The molecular weight excluding hydrogens is 264 g/mol. The van der Waals surface area contributed by atoms with E-state index in [1.807, 2.05) is 20.8 Å². The molecule has 0 aromatic carbocycles. The summed E-state index contributed by atoms with van der Waals surface area (Å²) < 4.78 is 0. The average molecular weight is 296 g/mol. The smallest absolute Gasteiger partial charge is 0.224 e. The van der Waals surface area contributed by atoms with Gasteiger partial charge in [-0.1, -0.05) is 26.8 Å². The quantitative estimate of drug-likeness (QED) is 0.709. The zero-order valence-electron chi connectivity index (χ0n) is 14.5. The Hall–Kier alpha value is -1.32. The summed E-state index contributed by atoms with van der Waals surface area (Å²) in [5, 5.41) is 2.98. The van der Waals surface area contributed by atoms with Crippen molar-refractivity contribution in [3.8, 4) is 0 Å². The molecule has 0 unspecified atom stereocenters. The molecule has 21 heavy (non-hydrogen) atoms. The summed E-state index contributed by atoms with van der Waals surface area (Å²) in [6, 6.07) is 0. The first kappa shape index (κ1) is 19.7. The molecule has 2 amide bonds. The van der Waals surface area contributed by atoms with Gasteiger partial charge in [0.25, 0.3) is 0 Å². The fourth-order valence-electron chi connectivity index (χ4n) is 2.38. The Morgan fingerprint density at radius 2 is 1.67 bits per heavy atom. The maximum atomic E-state index is 12.6. The summed E-state index contributed by atoms with van der Waals surface area (Å²) in [6.45, 7) is 15.7. The van der Waals surface area contributed by atoms with Crippen molar-refractivity contribution in [3.05, 3.63) is 12.7 Å². The van der Waals surface area contributed by atoms with Gasteiger partial charge in [-0.05, 0) is 45.4 Å². The van der Waals surface area contributed by atoms with E-state index in [4.69, 9.17) is 5.73 Å². The summed E-state index contributed by atoms with van der Waals surface area (Å²) in [5.41, 5.74) is 5.17. The minimum Gasteiger partial charge on any atom is -0.369 e. The van der Waals surface area contributed by atoms with E-state index in [1.165, 1.54) is 0 Å². The van der Waals surface area contributed by atoms with Crippen molar-refractivity contribution in [1.82, 2.24) is 5.32 Å². The van der Waals surface area contributed by atoms with Gasteiger partial charge in [0.1, 0.15) is 0 Å².